The summed E-state index contributed by atoms with van der Waals surface area (Å²) in [5.74, 6) is 0.0692. The molecule has 0 aliphatic heterocycles. The highest BCUT2D eigenvalue weighted by molar-refractivity contribution is 5.95. The van der Waals surface area contributed by atoms with E-state index in [1.807, 2.05) is 18.2 Å². The number of nitrogen functional groups attached to an aromatic ring is 1. The zero-order valence-corrected chi connectivity index (χ0v) is 10.6. The van der Waals surface area contributed by atoms with Gasteiger partial charge >= 0.3 is 0 Å². The molecule has 18 heavy (non-hydrogen) atoms. The molecule has 0 aliphatic rings. The number of benzene rings is 1. The third-order valence-corrected chi connectivity index (χ3v) is 2.31. The first kappa shape index (κ1) is 14.6. The summed E-state index contributed by atoms with van der Waals surface area (Å²) < 4.78 is 15.6. The average Bonchev–Trinajstić information content (AvgIpc) is 2.38. The van der Waals surface area contributed by atoms with Crippen LogP contribution in [0.1, 0.15) is 11.1 Å². The number of hydrogen-bond donors (Lipinski definition) is 2. The molecule has 0 unspecified atom stereocenters. The van der Waals surface area contributed by atoms with Crippen LogP contribution in [0.2, 0.25) is 0 Å². The molecule has 0 radical (unpaired) electrons. The van der Waals surface area contributed by atoms with E-state index < -0.39 is 0 Å². The van der Waals surface area contributed by atoms with Crippen LogP contribution >= 0.6 is 0 Å². The van der Waals surface area contributed by atoms with Gasteiger partial charge in [0.25, 0.3) is 0 Å². The smallest absolute Gasteiger partial charge is 0.122 e. The van der Waals surface area contributed by atoms with Crippen molar-refractivity contribution in [2.45, 2.75) is 6.61 Å². The maximum Gasteiger partial charge on any atom is 0.122 e. The number of rotatable bonds is 9. The topological polar surface area (TPSA) is 77.6 Å². The zero-order valence-electron chi connectivity index (χ0n) is 10.6. The first-order chi connectivity index (χ1) is 8.74. The maximum absolute atomic E-state index is 7.34. The van der Waals surface area contributed by atoms with Gasteiger partial charge in [-0.15, -0.1) is 0 Å². The zero-order chi connectivity index (χ0) is 13.2. The van der Waals surface area contributed by atoms with Crippen molar-refractivity contribution >= 4 is 5.84 Å². The fraction of sp³-hybridized carbons (Fsp3) is 0.462. The predicted molar refractivity (Wildman–Crippen MR) is 69.8 cm³/mol. The van der Waals surface area contributed by atoms with Gasteiger partial charge in [0.1, 0.15) is 5.84 Å². The lowest BCUT2D eigenvalue weighted by Crippen LogP contribution is -2.11. The minimum Gasteiger partial charge on any atom is -0.384 e. The SMILES string of the molecule is COCCOCCOCc1cccc(C(=N)N)c1. The number of amidine groups is 1. The highest BCUT2D eigenvalue weighted by Gasteiger charge is 1.98. The van der Waals surface area contributed by atoms with Gasteiger partial charge in [0.05, 0.1) is 33.0 Å². The van der Waals surface area contributed by atoms with Crippen molar-refractivity contribution in [2.75, 3.05) is 33.5 Å². The Hall–Kier alpha value is -1.43. The summed E-state index contributed by atoms with van der Waals surface area (Å²) in [6.45, 7) is 2.76. The summed E-state index contributed by atoms with van der Waals surface area (Å²) >= 11 is 0. The maximum atomic E-state index is 7.34. The second-order valence-electron chi connectivity index (χ2n) is 3.77. The van der Waals surface area contributed by atoms with Crippen LogP contribution in [0.3, 0.4) is 0 Å². The van der Waals surface area contributed by atoms with E-state index in [-0.39, 0.29) is 5.84 Å². The molecule has 0 heterocycles. The van der Waals surface area contributed by atoms with Crippen molar-refractivity contribution in [3.63, 3.8) is 0 Å². The molecular weight excluding hydrogens is 232 g/mol. The second-order valence-corrected chi connectivity index (χ2v) is 3.77. The van der Waals surface area contributed by atoms with Crippen LogP contribution in [0.5, 0.6) is 0 Å². The molecule has 5 nitrogen and oxygen atoms in total. The first-order valence-electron chi connectivity index (χ1n) is 5.82. The van der Waals surface area contributed by atoms with Gasteiger partial charge in [-0.25, -0.2) is 0 Å². The van der Waals surface area contributed by atoms with Crippen molar-refractivity contribution in [2.24, 2.45) is 5.73 Å². The van der Waals surface area contributed by atoms with Gasteiger partial charge in [-0.2, -0.15) is 0 Å². The Morgan fingerprint density at radius 2 is 1.89 bits per heavy atom. The fourth-order valence-electron chi connectivity index (χ4n) is 1.38. The Morgan fingerprint density at radius 3 is 2.61 bits per heavy atom. The number of hydrogen-bond acceptors (Lipinski definition) is 4. The molecule has 0 saturated heterocycles. The highest BCUT2D eigenvalue weighted by atomic mass is 16.5. The van der Waals surface area contributed by atoms with E-state index in [2.05, 4.69) is 0 Å². The average molecular weight is 252 g/mol. The Morgan fingerprint density at radius 1 is 1.17 bits per heavy atom. The van der Waals surface area contributed by atoms with Crippen LogP contribution in [0, 0.1) is 5.41 Å². The quantitative estimate of drug-likeness (QED) is 0.392. The second kappa shape index (κ2) is 8.63. The van der Waals surface area contributed by atoms with Gasteiger partial charge < -0.3 is 19.9 Å². The van der Waals surface area contributed by atoms with E-state index in [9.17, 15) is 0 Å². The van der Waals surface area contributed by atoms with Crippen LogP contribution in [0.15, 0.2) is 24.3 Å². The van der Waals surface area contributed by atoms with Crippen LogP contribution in [0.25, 0.3) is 0 Å². The molecule has 0 bridgehead atoms. The van der Waals surface area contributed by atoms with Gasteiger partial charge in [-0.05, 0) is 11.6 Å². The molecule has 1 rings (SSSR count). The van der Waals surface area contributed by atoms with E-state index in [0.717, 1.165) is 5.56 Å². The molecule has 0 spiro atoms. The van der Waals surface area contributed by atoms with Crippen LogP contribution in [-0.4, -0.2) is 39.4 Å². The third-order valence-electron chi connectivity index (χ3n) is 2.31. The Labute approximate surface area is 107 Å². The van der Waals surface area contributed by atoms with Crippen molar-refractivity contribution < 1.29 is 14.2 Å². The van der Waals surface area contributed by atoms with Gasteiger partial charge in [0.15, 0.2) is 0 Å². The summed E-state index contributed by atoms with van der Waals surface area (Å²) in [5, 5.41) is 7.34. The Bertz CT molecular complexity index is 369. The largest absolute Gasteiger partial charge is 0.384 e. The molecule has 0 fully saturated rings. The lowest BCUT2D eigenvalue weighted by Gasteiger charge is -2.06. The Kier molecular flexibility index (Phi) is 7.01. The molecule has 1 aromatic carbocycles. The fourth-order valence-corrected chi connectivity index (χ4v) is 1.38. The van der Waals surface area contributed by atoms with Gasteiger partial charge in [0.2, 0.25) is 0 Å². The molecule has 3 N–H and O–H groups in total. The molecule has 0 aliphatic carbocycles. The summed E-state index contributed by atoms with van der Waals surface area (Å²) in [7, 11) is 1.64. The number of nitrogens with one attached hydrogen (secondary N) is 1. The van der Waals surface area contributed by atoms with Crippen molar-refractivity contribution in [3.8, 4) is 0 Å². The first-order valence-corrected chi connectivity index (χ1v) is 5.82. The summed E-state index contributed by atoms with van der Waals surface area (Å²) in [5.41, 5.74) is 7.13. The molecule has 0 aromatic heterocycles. The minimum absolute atomic E-state index is 0.0692. The van der Waals surface area contributed by atoms with Crippen LogP contribution in [-0.2, 0) is 20.8 Å². The monoisotopic (exact) mass is 252 g/mol. The number of ether oxygens (including phenoxy) is 3. The third kappa shape index (κ3) is 5.77. The lowest BCUT2D eigenvalue weighted by molar-refractivity contribution is 0.0199. The highest BCUT2D eigenvalue weighted by Crippen LogP contribution is 2.05. The van der Waals surface area contributed by atoms with E-state index >= 15 is 0 Å². The number of methoxy groups -OCH3 is 1. The van der Waals surface area contributed by atoms with Gasteiger partial charge in [-0.1, -0.05) is 18.2 Å². The summed E-state index contributed by atoms with van der Waals surface area (Å²) in [6.07, 6.45) is 0. The molecule has 0 saturated carbocycles. The van der Waals surface area contributed by atoms with Gasteiger partial charge in [0, 0.05) is 12.7 Å². The van der Waals surface area contributed by atoms with E-state index in [1.54, 1.807) is 13.2 Å². The number of nitrogens with two attached hydrogens (primary N) is 1. The molecule has 1 aromatic rings. The molecule has 0 amide bonds. The molecule has 0 atom stereocenters. The normalized spacial score (nSPS) is 10.5. The minimum atomic E-state index is 0.0692. The molecule has 100 valence electrons. The molecular formula is C13H20N2O3. The van der Waals surface area contributed by atoms with Crippen LogP contribution < -0.4 is 5.73 Å². The van der Waals surface area contributed by atoms with Crippen molar-refractivity contribution in [3.05, 3.63) is 35.4 Å². The van der Waals surface area contributed by atoms with Crippen LogP contribution in [0.4, 0.5) is 0 Å². The van der Waals surface area contributed by atoms with Crippen molar-refractivity contribution in [1.82, 2.24) is 0 Å². The standard InChI is InChI=1S/C13H20N2O3/c1-16-5-6-17-7-8-18-10-11-3-2-4-12(9-11)13(14)15/h2-4,9H,5-8,10H2,1H3,(H3,14,15). The Balaban J connectivity index is 2.19. The van der Waals surface area contributed by atoms with Crippen molar-refractivity contribution in [1.29, 1.82) is 5.41 Å². The van der Waals surface area contributed by atoms with Gasteiger partial charge in [-0.3, -0.25) is 5.41 Å². The predicted octanol–water partition coefficient (Wildman–Crippen LogP) is 1.15. The van der Waals surface area contributed by atoms with E-state index in [4.69, 9.17) is 25.4 Å². The van der Waals surface area contributed by atoms with E-state index in [0.29, 0.717) is 38.6 Å². The molecule has 5 heteroatoms. The summed E-state index contributed by atoms with van der Waals surface area (Å²) in [6, 6.07) is 7.47. The lowest BCUT2D eigenvalue weighted by atomic mass is 10.1. The van der Waals surface area contributed by atoms with E-state index in [1.165, 1.54) is 0 Å². The summed E-state index contributed by atoms with van der Waals surface area (Å²) in [4.78, 5) is 0.